The third kappa shape index (κ3) is 3.42. The molecule has 0 unspecified atom stereocenters. The summed E-state index contributed by atoms with van der Waals surface area (Å²) in [5.41, 5.74) is 2.02. The lowest BCUT2D eigenvalue weighted by Gasteiger charge is -2.26. The Labute approximate surface area is 129 Å². The Bertz CT molecular complexity index is 710. The molecule has 0 aliphatic carbocycles. The first-order valence-corrected chi connectivity index (χ1v) is 7.29. The van der Waals surface area contributed by atoms with Crippen LogP contribution in [0.4, 0.5) is 0 Å². The van der Waals surface area contributed by atoms with Crippen molar-refractivity contribution < 1.29 is 14.7 Å². The Balaban J connectivity index is 2.42. The van der Waals surface area contributed by atoms with Gasteiger partial charge in [0.2, 0.25) is 0 Å². The highest BCUT2D eigenvalue weighted by atomic mass is 16.4. The average molecular weight is 300 g/mol. The Kier molecular flexibility index (Phi) is 4.75. The first-order valence-electron chi connectivity index (χ1n) is 7.29. The summed E-state index contributed by atoms with van der Waals surface area (Å²) >= 11 is 0. The van der Waals surface area contributed by atoms with Crippen molar-refractivity contribution in [2.75, 3.05) is 6.54 Å². The molecule has 5 nitrogen and oxygen atoms in total. The van der Waals surface area contributed by atoms with Gasteiger partial charge in [0.1, 0.15) is 0 Å². The highest BCUT2D eigenvalue weighted by Gasteiger charge is 2.21. The Morgan fingerprint density at radius 1 is 1.23 bits per heavy atom. The van der Waals surface area contributed by atoms with Crippen molar-refractivity contribution in [1.82, 2.24) is 9.88 Å². The number of pyridine rings is 1. The van der Waals surface area contributed by atoms with E-state index >= 15 is 0 Å². The number of aliphatic carboxylic acids is 1. The second-order valence-corrected chi connectivity index (χ2v) is 5.57. The van der Waals surface area contributed by atoms with Gasteiger partial charge in [-0.05, 0) is 32.9 Å². The highest BCUT2D eigenvalue weighted by molar-refractivity contribution is 6.05. The molecule has 22 heavy (non-hydrogen) atoms. The van der Waals surface area contributed by atoms with Crippen LogP contribution in [0.25, 0.3) is 10.9 Å². The fourth-order valence-corrected chi connectivity index (χ4v) is 2.38. The Morgan fingerprint density at radius 3 is 2.59 bits per heavy atom. The fourth-order valence-electron chi connectivity index (χ4n) is 2.38. The molecule has 0 radical (unpaired) electrons. The van der Waals surface area contributed by atoms with Gasteiger partial charge in [0.25, 0.3) is 5.91 Å². The van der Waals surface area contributed by atoms with Gasteiger partial charge in [-0.15, -0.1) is 0 Å². The van der Waals surface area contributed by atoms with Crippen LogP contribution in [-0.2, 0) is 4.79 Å². The van der Waals surface area contributed by atoms with E-state index in [1.807, 2.05) is 45.0 Å². The number of rotatable bonds is 5. The van der Waals surface area contributed by atoms with E-state index in [0.29, 0.717) is 11.1 Å². The average Bonchev–Trinajstić information content (AvgIpc) is 2.45. The molecule has 0 bridgehead atoms. The second-order valence-electron chi connectivity index (χ2n) is 5.57. The molecule has 0 aliphatic rings. The topological polar surface area (TPSA) is 70.5 Å². The third-order valence-corrected chi connectivity index (χ3v) is 3.54. The molecule has 116 valence electrons. The second kappa shape index (κ2) is 6.56. The van der Waals surface area contributed by atoms with Crippen LogP contribution < -0.4 is 0 Å². The lowest BCUT2D eigenvalue weighted by molar-refractivity contribution is -0.137. The van der Waals surface area contributed by atoms with E-state index in [9.17, 15) is 9.59 Å². The number of hydrogen-bond donors (Lipinski definition) is 1. The highest BCUT2D eigenvalue weighted by Crippen LogP contribution is 2.20. The molecule has 0 atom stereocenters. The van der Waals surface area contributed by atoms with Gasteiger partial charge in [0.15, 0.2) is 0 Å². The number of carboxylic acids is 1. The minimum Gasteiger partial charge on any atom is -0.481 e. The first kappa shape index (κ1) is 15.9. The standard InChI is InChI=1S/C17H20N2O3/c1-11(2)19(10-9-15(20)21)17(22)14-6-4-5-13-8-7-12(3)18-16(13)14/h4-8,11H,9-10H2,1-3H3,(H,20,21). The zero-order chi connectivity index (χ0) is 16.3. The van der Waals surface area contributed by atoms with Gasteiger partial charge in [0, 0.05) is 23.7 Å². The zero-order valence-electron chi connectivity index (χ0n) is 13.0. The van der Waals surface area contributed by atoms with E-state index in [1.54, 1.807) is 11.0 Å². The largest absolute Gasteiger partial charge is 0.481 e. The molecule has 1 N–H and O–H groups in total. The molecule has 2 rings (SSSR count). The maximum atomic E-state index is 12.8. The first-order chi connectivity index (χ1) is 10.4. The quantitative estimate of drug-likeness (QED) is 0.921. The predicted molar refractivity (Wildman–Crippen MR) is 84.9 cm³/mol. The number of carbonyl (C=O) groups excluding carboxylic acids is 1. The van der Waals surface area contributed by atoms with Gasteiger partial charge in [-0.1, -0.05) is 18.2 Å². The molecule has 0 aliphatic heterocycles. The summed E-state index contributed by atoms with van der Waals surface area (Å²) in [5, 5.41) is 9.76. The van der Waals surface area contributed by atoms with Gasteiger partial charge < -0.3 is 10.0 Å². The van der Waals surface area contributed by atoms with E-state index in [-0.39, 0.29) is 24.9 Å². The maximum Gasteiger partial charge on any atom is 0.305 e. The number of fused-ring (bicyclic) bond motifs is 1. The number of aromatic nitrogens is 1. The van der Waals surface area contributed by atoms with Crippen molar-refractivity contribution in [3.63, 3.8) is 0 Å². The molecule has 1 aromatic carbocycles. The molecule has 1 aromatic heterocycles. The third-order valence-electron chi connectivity index (χ3n) is 3.54. The molecule has 0 fully saturated rings. The van der Waals surface area contributed by atoms with Crippen LogP contribution in [0.3, 0.4) is 0 Å². The van der Waals surface area contributed by atoms with Gasteiger partial charge >= 0.3 is 5.97 Å². The van der Waals surface area contributed by atoms with E-state index in [2.05, 4.69) is 4.98 Å². The van der Waals surface area contributed by atoms with Crippen molar-refractivity contribution in [3.05, 3.63) is 41.6 Å². The zero-order valence-corrected chi connectivity index (χ0v) is 13.0. The monoisotopic (exact) mass is 300 g/mol. The summed E-state index contributed by atoms with van der Waals surface area (Å²) in [6.45, 7) is 5.83. The number of benzene rings is 1. The van der Waals surface area contributed by atoms with Crippen LogP contribution in [0, 0.1) is 6.92 Å². The number of nitrogens with zero attached hydrogens (tertiary/aromatic N) is 2. The summed E-state index contributed by atoms with van der Waals surface area (Å²) in [6.07, 6.45) is -0.0683. The number of carbonyl (C=O) groups is 2. The molecular weight excluding hydrogens is 280 g/mol. The molecular formula is C17H20N2O3. The lowest BCUT2D eigenvalue weighted by atomic mass is 10.1. The fraction of sp³-hybridized carbons (Fsp3) is 0.353. The van der Waals surface area contributed by atoms with Crippen LogP contribution in [0.5, 0.6) is 0 Å². The smallest absolute Gasteiger partial charge is 0.305 e. The molecule has 1 heterocycles. The molecule has 1 amide bonds. The summed E-state index contributed by atoms with van der Waals surface area (Å²) in [7, 11) is 0. The molecule has 5 heteroatoms. The Morgan fingerprint density at radius 2 is 1.95 bits per heavy atom. The van der Waals surface area contributed by atoms with Gasteiger partial charge in [0.05, 0.1) is 17.5 Å². The molecule has 2 aromatic rings. The molecule has 0 saturated carbocycles. The van der Waals surface area contributed by atoms with Crippen molar-refractivity contribution in [3.8, 4) is 0 Å². The van der Waals surface area contributed by atoms with Crippen molar-refractivity contribution in [1.29, 1.82) is 0 Å². The minimum atomic E-state index is -0.912. The van der Waals surface area contributed by atoms with Crippen LogP contribution in [-0.4, -0.2) is 39.5 Å². The summed E-state index contributed by atoms with van der Waals surface area (Å²) in [6, 6.07) is 9.24. The minimum absolute atomic E-state index is 0.0683. The van der Waals surface area contributed by atoms with Crippen molar-refractivity contribution >= 4 is 22.8 Å². The van der Waals surface area contributed by atoms with E-state index in [1.165, 1.54) is 0 Å². The van der Waals surface area contributed by atoms with Crippen LogP contribution in [0.15, 0.2) is 30.3 Å². The van der Waals surface area contributed by atoms with Gasteiger partial charge in [-0.3, -0.25) is 14.6 Å². The van der Waals surface area contributed by atoms with Crippen LogP contribution in [0.2, 0.25) is 0 Å². The van der Waals surface area contributed by atoms with Crippen LogP contribution in [0.1, 0.15) is 36.3 Å². The van der Waals surface area contributed by atoms with E-state index in [0.717, 1.165) is 11.1 Å². The summed E-state index contributed by atoms with van der Waals surface area (Å²) in [5.74, 6) is -1.09. The number of para-hydroxylation sites is 1. The number of carboxylic acid groups (broad SMARTS) is 1. The molecule has 0 saturated heterocycles. The SMILES string of the molecule is Cc1ccc2cccc(C(=O)N(CCC(=O)O)C(C)C)c2n1. The van der Waals surface area contributed by atoms with E-state index < -0.39 is 5.97 Å². The summed E-state index contributed by atoms with van der Waals surface area (Å²) < 4.78 is 0. The van der Waals surface area contributed by atoms with E-state index in [4.69, 9.17) is 5.11 Å². The van der Waals surface area contributed by atoms with Gasteiger partial charge in [-0.2, -0.15) is 0 Å². The van der Waals surface area contributed by atoms with Crippen molar-refractivity contribution in [2.24, 2.45) is 0 Å². The molecule has 0 spiro atoms. The van der Waals surface area contributed by atoms with Gasteiger partial charge in [-0.25, -0.2) is 0 Å². The van der Waals surface area contributed by atoms with Crippen molar-refractivity contribution in [2.45, 2.75) is 33.2 Å². The maximum absolute atomic E-state index is 12.8. The normalized spacial score (nSPS) is 10.9. The Hall–Kier alpha value is -2.43. The lowest BCUT2D eigenvalue weighted by Crippen LogP contribution is -2.38. The summed E-state index contributed by atoms with van der Waals surface area (Å²) in [4.78, 5) is 29.7. The predicted octanol–water partition coefficient (Wildman–Crippen LogP) is 2.87. The number of amides is 1. The number of hydrogen-bond acceptors (Lipinski definition) is 3. The number of aryl methyl sites for hydroxylation is 1. The van der Waals surface area contributed by atoms with Crippen LogP contribution >= 0.6 is 0 Å².